The summed E-state index contributed by atoms with van der Waals surface area (Å²) in [6, 6.07) is 64.5. The number of rotatable bonds is 3. The molecule has 8 aromatic rings. The number of fused-ring (bicyclic) bond motifs is 10. The van der Waals surface area contributed by atoms with E-state index in [2.05, 4.69) is 199 Å². The lowest BCUT2D eigenvalue weighted by Crippen LogP contribution is -2.62. The Morgan fingerprint density at radius 3 is 2.05 bits per heavy atom. The number of para-hydroxylation sites is 3. The molecule has 3 nitrogen and oxygen atoms in total. The summed E-state index contributed by atoms with van der Waals surface area (Å²) in [4.78, 5) is 7.43. The van der Waals surface area contributed by atoms with Crippen LogP contribution in [-0.2, 0) is 5.41 Å². The normalized spacial score (nSPS) is 14.7. The third kappa shape index (κ3) is 4.43. The van der Waals surface area contributed by atoms with Crippen LogP contribution in [0.5, 0.6) is 11.5 Å². The van der Waals surface area contributed by atoms with Gasteiger partial charge in [-0.1, -0.05) is 141 Å². The molecule has 8 aromatic carbocycles. The van der Waals surface area contributed by atoms with Crippen molar-refractivity contribution >= 4 is 58.0 Å². The lowest BCUT2D eigenvalue weighted by molar-refractivity contribution is 0.455. The van der Waals surface area contributed by atoms with E-state index in [9.17, 15) is 0 Å². The Morgan fingerprint density at radius 1 is 0.518 bits per heavy atom. The van der Waals surface area contributed by atoms with Crippen molar-refractivity contribution in [1.29, 1.82) is 0 Å². The van der Waals surface area contributed by atoms with Crippen molar-refractivity contribution in [3.05, 3.63) is 187 Å². The Kier molecular flexibility index (Phi) is 6.71. The molecule has 3 aliphatic heterocycles. The van der Waals surface area contributed by atoms with Gasteiger partial charge in [0.25, 0.3) is 0 Å². The van der Waals surface area contributed by atoms with Gasteiger partial charge in [-0.05, 0) is 111 Å². The minimum atomic E-state index is -0.234. The quantitative estimate of drug-likeness (QED) is 0.168. The maximum absolute atomic E-state index is 6.74. The van der Waals surface area contributed by atoms with Crippen molar-refractivity contribution in [3.8, 4) is 44.9 Å². The number of hydrogen-bond acceptors (Lipinski definition) is 4. The van der Waals surface area contributed by atoms with E-state index in [0.29, 0.717) is 0 Å². The van der Waals surface area contributed by atoms with Gasteiger partial charge in [-0.15, -0.1) is 0 Å². The van der Waals surface area contributed by atoms with Crippen molar-refractivity contribution < 1.29 is 4.74 Å². The Hall–Kier alpha value is -6.43. The van der Waals surface area contributed by atoms with E-state index < -0.39 is 0 Å². The fraction of sp³-hybridized carbons (Fsp3) is 0.0588. The van der Waals surface area contributed by atoms with E-state index in [1.165, 1.54) is 72.5 Å². The molecule has 0 aromatic heterocycles. The summed E-state index contributed by atoms with van der Waals surface area (Å²) < 4.78 is 6.74. The Labute approximate surface area is 332 Å². The first-order chi connectivity index (χ1) is 27.5. The second-order valence-corrected chi connectivity index (χ2v) is 16.7. The van der Waals surface area contributed by atoms with Gasteiger partial charge in [-0.3, -0.25) is 0 Å². The van der Waals surface area contributed by atoms with Gasteiger partial charge in [0.15, 0.2) is 0 Å². The summed E-state index contributed by atoms with van der Waals surface area (Å²) in [6.07, 6.45) is 0. The van der Waals surface area contributed by atoms with Gasteiger partial charge < -0.3 is 14.4 Å². The molecule has 0 bridgehead atoms. The zero-order valence-corrected chi connectivity index (χ0v) is 31.8. The molecule has 0 unspecified atom stereocenters. The first-order valence-corrected chi connectivity index (χ1v) is 20.2. The molecule has 4 aliphatic rings. The summed E-state index contributed by atoms with van der Waals surface area (Å²) in [5.41, 5.74) is 18.6. The minimum Gasteiger partial charge on any atom is -0.455 e. The molecule has 0 spiro atoms. The van der Waals surface area contributed by atoms with Crippen LogP contribution in [0.3, 0.4) is 0 Å². The van der Waals surface area contributed by atoms with Crippen LogP contribution in [0.4, 0.5) is 28.4 Å². The van der Waals surface area contributed by atoms with Crippen LogP contribution in [0.15, 0.2) is 186 Å². The predicted molar refractivity (Wildman–Crippen MR) is 234 cm³/mol. The first kappa shape index (κ1) is 31.9. The number of anilines is 5. The maximum Gasteiger partial charge on any atom is 0.333 e. The number of hydrogen-bond donors (Lipinski definition) is 0. The van der Waals surface area contributed by atoms with Gasteiger partial charge in [0.05, 0.1) is 9.79 Å². The maximum atomic E-state index is 6.74. The molecule has 5 heteroatoms. The molecule has 0 saturated heterocycles. The fourth-order valence-electron chi connectivity index (χ4n) is 9.82. The van der Waals surface area contributed by atoms with Gasteiger partial charge in [-0.2, -0.15) is 0 Å². The van der Waals surface area contributed by atoms with Gasteiger partial charge in [0.2, 0.25) is 0 Å². The van der Waals surface area contributed by atoms with E-state index in [0.717, 1.165) is 32.7 Å². The molecule has 12 rings (SSSR count). The van der Waals surface area contributed by atoms with Crippen LogP contribution in [-0.4, -0.2) is 6.85 Å². The van der Waals surface area contributed by atoms with Crippen molar-refractivity contribution in [2.45, 2.75) is 29.1 Å². The number of nitrogens with zero attached hydrogens (tertiary/aromatic N) is 2. The van der Waals surface area contributed by atoms with E-state index in [1.54, 1.807) is 11.8 Å². The fourth-order valence-corrected chi connectivity index (χ4v) is 10.8. The van der Waals surface area contributed by atoms with Gasteiger partial charge in [0, 0.05) is 39.4 Å². The molecule has 0 fully saturated rings. The highest BCUT2D eigenvalue weighted by molar-refractivity contribution is 7.99. The largest absolute Gasteiger partial charge is 0.455 e. The smallest absolute Gasteiger partial charge is 0.333 e. The van der Waals surface area contributed by atoms with Crippen molar-refractivity contribution in [1.82, 2.24) is 0 Å². The minimum absolute atomic E-state index is 0.0871. The van der Waals surface area contributed by atoms with Crippen LogP contribution in [0, 0.1) is 0 Å². The lowest BCUT2D eigenvalue weighted by atomic mass is 9.43. The van der Waals surface area contributed by atoms with Crippen LogP contribution in [0.2, 0.25) is 0 Å². The third-order valence-corrected chi connectivity index (χ3v) is 13.3. The highest BCUT2D eigenvalue weighted by Gasteiger charge is 2.50. The van der Waals surface area contributed by atoms with Crippen LogP contribution >= 0.6 is 11.8 Å². The molecule has 3 heterocycles. The second kappa shape index (κ2) is 11.8. The standard InChI is InChI=1S/C51H35BN2OS/c1-51(2)40-20-10-9-19-36(40)38-29-39-37-30-45-47(56-46-24-14-13-23-44(46)55-45)31-43(37)54(35-27-25-33(26-28-35)32-15-5-3-6-16-32)52-41-21-11-12-22-42(41)53(34-17-7-4-8-18-34)50(48(38)51)49(39)52/h3-31H,1-2H3. The zero-order chi connectivity index (χ0) is 37.1. The molecule has 0 amide bonds. The van der Waals surface area contributed by atoms with E-state index >= 15 is 0 Å². The van der Waals surface area contributed by atoms with Crippen LogP contribution in [0.25, 0.3) is 33.4 Å². The van der Waals surface area contributed by atoms with E-state index in [4.69, 9.17) is 4.74 Å². The average molecular weight is 735 g/mol. The average Bonchev–Trinajstić information content (AvgIpc) is 3.48. The topological polar surface area (TPSA) is 15.7 Å². The molecule has 1 aliphatic carbocycles. The first-order valence-electron chi connectivity index (χ1n) is 19.4. The van der Waals surface area contributed by atoms with Crippen molar-refractivity contribution in [2.75, 3.05) is 9.71 Å². The monoisotopic (exact) mass is 734 g/mol. The molecule has 0 atom stereocenters. The summed E-state index contributed by atoms with van der Waals surface area (Å²) >= 11 is 1.79. The van der Waals surface area contributed by atoms with Crippen molar-refractivity contribution in [2.24, 2.45) is 0 Å². The SMILES string of the molecule is CC1(C)c2ccccc2-c2cc3c4c(c21)N(c1ccccc1)c1ccccc1B4N(c1ccc(-c2ccccc2)cc1)c1cc2c(cc1-3)Oc1ccccc1S2. The van der Waals surface area contributed by atoms with E-state index in [-0.39, 0.29) is 12.3 Å². The molecule has 0 N–H and O–H groups in total. The molecule has 0 saturated carbocycles. The van der Waals surface area contributed by atoms with Crippen LogP contribution in [0.1, 0.15) is 25.0 Å². The van der Waals surface area contributed by atoms with Gasteiger partial charge in [-0.25, -0.2) is 0 Å². The molecular formula is C51H35BN2OS. The van der Waals surface area contributed by atoms with Gasteiger partial charge >= 0.3 is 6.85 Å². The Balaban J connectivity index is 1.20. The third-order valence-electron chi connectivity index (χ3n) is 12.3. The Bertz CT molecular complexity index is 2910. The summed E-state index contributed by atoms with van der Waals surface area (Å²) in [5, 5.41) is 0. The number of ether oxygens (including phenoxy) is 1. The molecule has 264 valence electrons. The zero-order valence-electron chi connectivity index (χ0n) is 31.0. The summed E-state index contributed by atoms with van der Waals surface area (Å²) in [5.74, 6) is 1.80. The highest BCUT2D eigenvalue weighted by Crippen LogP contribution is 2.59. The summed E-state index contributed by atoms with van der Waals surface area (Å²) in [6.45, 7) is 4.74. The lowest BCUT2D eigenvalue weighted by Gasteiger charge is -2.47. The molecular weight excluding hydrogens is 699 g/mol. The van der Waals surface area contributed by atoms with Gasteiger partial charge in [0.1, 0.15) is 11.5 Å². The number of benzene rings is 8. The van der Waals surface area contributed by atoms with Crippen molar-refractivity contribution in [3.63, 3.8) is 0 Å². The van der Waals surface area contributed by atoms with E-state index in [1.807, 2.05) is 0 Å². The predicted octanol–water partition coefficient (Wildman–Crippen LogP) is 12.6. The van der Waals surface area contributed by atoms with Crippen LogP contribution < -0.4 is 25.4 Å². The Morgan fingerprint density at radius 2 is 1.21 bits per heavy atom. The molecule has 0 radical (unpaired) electrons. The second-order valence-electron chi connectivity index (χ2n) is 15.7. The highest BCUT2D eigenvalue weighted by atomic mass is 32.2. The summed E-state index contributed by atoms with van der Waals surface area (Å²) in [7, 11) is 0. The molecule has 56 heavy (non-hydrogen) atoms.